The van der Waals surface area contributed by atoms with Crippen molar-refractivity contribution in [2.45, 2.75) is 143 Å². The standard InChI is InChI=1S/C24H48/c1-4-6-8-11-15-19-23(20-16-12-9-7-5-2)24(3)21-17-13-10-14-18-22-24/h23H,4-22H2,1-3H3. The minimum absolute atomic E-state index is 0.663. The van der Waals surface area contributed by atoms with Crippen LogP contribution < -0.4 is 0 Å². The van der Waals surface area contributed by atoms with Crippen LogP contribution in [0.25, 0.3) is 0 Å². The highest BCUT2D eigenvalue weighted by atomic mass is 14.4. The number of unbranched alkanes of at least 4 members (excludes halogenated alkanes) is 8. The first-order valence-electron chi connectivity index (χ1n) is 11.7. The third-order valence-corrected chi connectivity index (χ3v) is 6.79. The van der Waals surface area contributed by atoms with E-state index in [1.807, 2.05) is 0 Å². The SMILES string of the molecule is CCCCCCCC(CCCCCCC)C1(C)CCCCCCC1. The van der Waals surface area contributed by atoms with Gasteiger partial charge in [0.1, 0.15) is 0 Å². The summed E-state index contributed by atoms with van der Waals surface area (Å²) in [5.74, 6) is 1.01. The molecular weight excluding hydrogens is 288 g/mol. The summed E-state index contributed by atoms with van der Waals surface area (Å²) in [5.41, 5.74) is 0.663. The second kappa shape index (κ2) is 14.2. The zero-order chi connectivity index (χ0) is 17.5. The van der Waals surface area contributed by atoms with Gasteiger partial charge in [-0.25, -0.2) is 0 Å². The Balaban J connectivity index is 2.46. The van der Waals surface area contributed by atoms with Crippen LogP contribution in [0.4, 0.5) is 0 Å². The normalized spacial score (nSPS) is 18.5. The summed E-state index contributed by atoms with van der Waals surface area (Å²) in [6, 6.07) is 0. The van der Waals surface area contributed by atoms with Crippen LogP contribution in [0.2, 0.25) is 0 Å². The Hall–Kier alpha value is 0. The predicted molar refractivity (Wildman–Crippen MR) is 111 cm³/mol. The summed E-state index contributed by atoms with van der Waals surface area (Å²) in [6.07, 6.45) is 28.1. The minimum atomic E-state index is 0.663. The fourth-order valence-electron chi connectivity index (χ4n) is 4.95. The van der Waals surface area contributed by atoms with E-state index in [4.69, 9.17) is 0 Å². The summed E-state index contributed by atoms with van der Waals surface area (Å²) in [5, 5.41) is 0. The van der Waals surface area contributed by atoms with Crippen molar-refractivity contribution in [1.82, 2.24) is 0 Å². The smallest absolute Gasteiger partial charge is 0.0298 e. The second-order valence-electron chi connectivity index (χ2n) is 9.02. The topological polar surface area (TPSA) is 0 Å². The zero-order valence-corrected chi connectivity index (χ0v) is 17.5. The molecule has 1 aliphatic rings. The van der Waals surface area contributed by atoms with Crippen LogP contribution in [-0.4, -0.2) is 0 Å². The van der Waals surface area contributed by atoms with Crippen molar-refractivity contribution in [3.05, 3.63) is 0 Å². The molecule has 0 spiro atoms. The first-order chi connectivity index (χ1) is 11.7. The van der Waals surface area contributed by atoms with Crippen LogP contribution in [0.15, 0.2) is 0 Å². The van der Waals surface area contributed by atoms with Gasteiger partial charge in [0, 0.05) is 0 Å². The van der Waals surface area contributed by atoms with Crippen molar-refractivity contribution in [3.63, 3.8) is 0 Å². The molecule has 1 saturated carbocycles. The Morgan fingerprint density at radius 2 is 1.00 bits per heavy atom. The van der Waals surface area contributed by atoms with Crippen molar-refractivity contribution in [3.8, 4) is 0 Å². The van der Waals surface area contributed by atoms with Crippen molar-refractivity contribution >= 4 is 0 Å². The molecule has 0 aromatic carbocycles. The van der Waals surface area contributed by atoms with Crippen molar-refractivity contribution in [1.29, 1.82) is 0 Å². The highest BCUT2D eigenvalue weighted by Gasteiger charge is 2.33. The molecular formula is C24H48. The largest absolute Gasteiger partial charge is 0.0654 e. The van der Waals surface area contributed by atoms with Gasteiger partial charge in [-0.05, 0) is 37.0 Å². The summed E-state index contributed by atoms with van der Waals surface area (Å²) in [6.45, 7) is 7.32. The van der Waals surface area contributed by atoms with E-state index in [9.17, 15) is 0 Å². The van der Waals surface area contributed by atoms with Gasteiger partial charge in [-0.15, -0.1) is 0 Å². The summed E-state index contributed by atoms with van der Waals surface area (Å²) in [4.78, 5) is 0. The highest BCUT2D eigenvalue weighted by molar-refractivity contribution is 4.84. The van der Waals surface area contributed by atoms with E-state index in [-0.39, 0.29) is 0 Å². The van der Waals surface area contributed by atoms with E-state index in [2.05, 4.69) is 20.8 Å². The molecule has 0 aromatic heterocycles. The van der Waals surface area contributed by atoms with Gasteiger partial charge >= 0.3 is 0 Å². The van der Waals surface area contributed by atoms with E-state index < -0.39 is 0 Å². The first kappa shape index (κ1) is 22.0. The van der Waals surface area contributed by atoms with Gasteiger partial charge in [0.2, 0.25) is 0 Å². The average Bonchev–Trinajstić information content (AvgIpc) is 2.56. The first-order valence-corrected chi connectivity index (χ1v) is 11.7. The molecule has 144 valence electrons. The Morgan fingerprint density at radius 3 is 1.46 bits per heavy atom. The molecule has 0 amide bonds. The van der Waals surface area contributed by atoms with Crippen LogP contribution in [0.3, 0.4) is 0 Å². The lowest BCUT2D eigenvalue weighted by Gasteiger charge is -2.40. The second-order valence-corrected chi connectivity index (χ2v) is 9.02. The maximum atomic E-state index is 2.67. The molecule has 0 bridgehead atoms. The van der Waals surface area contributed by atoms with Crippen LogP contribution >= 0.6 is 0 Å². The van der Waals surface area contributed by atoms with Gasteiger partial charge in [-0.2, -0.15) is 0 Å². The molecule has 1 aliphatic carbocycles. The lowest BCUT2D eigenvalue weighted by Crippen LogP contribution is -2.28. The highest BCUT2D eigenvalue weighted by Crippen LogP contribution is 2.45. The fraction of sp³-hybridized carbons (Fsp3) is 1.00. The summed E-state index contributed by atoms with van der Waals surface area (Å²) < 4.78 is 0. The molecule has 0 unspecified atom stereocenters. The molecule has 0 N–H and O–H groups in total. The fourth-order valence-corrected chi connectivity index (χ4v) is 4.95. The average molecular weight is 337 g/mol. The molecule has 24 heavy (non-hydrogen) atoms. The van der Waals surface area contributed by atoms with Gasteiger partial charge in [0.05, 0.1) is 0 Å². The third kappa shape index (κ3) is 9.47. The van der Waals surface area contributed by atoms with E-state index in [0.717, 1.165) is 5.92 Å². The monoisotopic (exact) mass is 336 g/mol. The van der Waals surface area contributed by atoms with Gasteiger partial charge in [-0.1, -0.05) is 117 Å². The molecule has 1 rings (SSSR count). The number of rotatable bonds is 13. The van der Waals surface area contributed by atoms with E-state index in [1.165, 1.54) is 122 Å². The minimum Gasteiger partial charge on any atom is -0.0654 e. The lowest BCUT2D eigenvalue weighted by atomic mass is 9.66. The van der Waals surface area contributed by atoms with E-state index >= 15 is 0 Å². The van der Waals surface area contributed by atoms with Crippen LogP contribution in [0.1, 0.15) is 143 Å². The van der Waals surface area contributed by atoms with Crippen LogP contribution in [0, 0.1) is 11.3 Å². The lowest BCUT2D eigenvalue weighted by molar-refractivity contribution is 0.112. The number of hydrogen-bond acceptors (Lipinski definition) is 0. The van der Waals surface area contributed by atoms with Gasteiger partial charge in [0.15, 0.2) is 0 Å². The predicted octanol–water partition coefficient (Wildman–Crippen LogP) is 9.07. The summed E-state index contributed by atoms with van der Waals surface area (Å²) in [7, 11) is 0. The van der Waals surface area contributed by atoms with E-state index in [1.54, 1.807) is 0 Å². The van der Waals surface area contributed by atoms with Crippen LogP contribution in [-0.2, 0) is 0 Å². The molecule has 0 saturated heterocycles. The molecule has 0 nitrogen and oxygen atoms in total. The number of hydrogen-bond donors (Lipinski definition) is 0. The van der Waals surface area contributed by atoms with Crippen LogP contribution in [0.5, 0.6) is 0 Å². The van der Waals surface area contributed by atoms with Gasteiger partial charge in [0.25, 0.3) is 0 Å². The molecule has 0 heteroatoms. The summed E-state index contributed by atoms with van der Waals surface area (Å²) >= 11 is 0. The van der Waals surface area contributed by atoms with Crippen molar-refractivity contribution < 1.29 is 0 Å². The quantitative estimate of drug-likeness (QED) is 0.294. The molecule has 0 radical (unpaired) electrons. The van der Waals surface area contributed by atoms with Crippen molar-refractivity contribution in [2.24, 2.45) is 11.3 Å². The van der Waals surface area contributed by atoms with Crippen molar-refractivity contribution in [2.75, 3.05) is 0 Å². The Bertz CT molecular complexity index is 245. The molecule has 0 aromatic rings. The molecule has 0 atom stereocenters. The van der Waals surface area contributed by atoms with Gasteiger partial charge in [-0.3, -0.25) is 0 Å². The third-order valence-electron chi connectivity index (χ3n) is 6.79. The molecule has 0 aliphatic heterocycles. The maximum Gasteiger partial charge on any atom is -0.0298 e. The Labute approximate surface area is 154 Å². The molecule has 1 fully saturated rings. The van der Waals surface area contributed by atoms with E-state index in [0.29, 0.717) is 5.41 Å². The van der Waals surface area contributed by atoms with Gasteiger partial charge < -0.3 is 0 Å². The maximum absolute atomic E-state index is 2.67. The zero-order valence-electron chi connectivity index (χ0n) is 17.5. The Kier molecular flexibility index (Phi) is 13.0. The molecule has 0 heterocycles. The Morgan fingerprint density at radius 1 is 0.583 bits per heavy atom.